The van der Waals surface area contributed by atoms with Gasteiger partial charge in [0.15, 0.2) is 0 Å². The molecule has 1 aromatic carbocycles. The first-order valence-electron chi connectivity index (χ1n) is 9.26. The summed E-state index contributed by atoms with van der Waals surface area (Å²) in [5.41, 5.74) is 4.58. The Kier molecular flexibility index (Phi) is 5.59. The molecule has 0 amide bonds. The van der Waals surface area contributed by atoms with Crippen molar-refractivity contribution < 1.29 is 0 Å². The van der Waals surface area contributed by atoms with E-state index < -0.39 is 0 Å². The van der Waals surface area contributed by atoms with E-state index >= 15 is 0 Å². The molecule has 1 unspecified atom stereocenters. The molecule has 0 spiro atoms. The molecule has 0 radical (unpaired) electrons. The molecule has 0 bridgehead atoms. The lowest BCUT2D eigenvalue weighted by Crippen LogP contribution is -2.51. The molecule has 1 atom stereocenters. The van der Waals surface area contributed by atoms with Gasteiger partial charge < -0.3 is 10.2 Å². The summed E-state index contributed by atoms with van der Waals surface area (Å²) in [4.78, 5) is 2.67. The lowest BCUT2D eigenvalue weighted by molar-refractivity contribution is 0.0760. The van der Waals surface area contributed by atoms with Gasteiger partial charge in [-0.2, -0.15) is 0 Å². The Hall–Kier alpha value is -0.795. The molecule has 2 aliphatic heterocycles. The molecule has 2 fully saturated rings. The second kappa shape index (κ2) is 7.65. The highest BCUT2D eigenvalue weighted by molar-refractivity contribution is 6.08. The number of hydrogen-bond donors (Lipinski definition) is 1. The van der Waals surface area contributed by atoms with E-state index in [9.17, 15) is 0 Å². The molecule has 3 heteroatoms. The van der Waals surface area contributed by atoms with Gasteiger partial charge >= 0.3 is 0 Å². The molecule has 0 aliphatic carbocycles. The summed E-state index contributed by atoms with van der Waals surface area (Å²) in [6, 6.07) is 7.13. The predicted octanol–water partition coefficient (Wildman–Crippen LogP) is 2.06. The number of benzene rings is 1. The number of rotatable bonds is 6. The average molecular weight is 298 g/mol. The van der Waals surface area contributed by atoms with Crippen LogP contribution in [0.5, 0.6) is 0 Å². The van der Waals surface area contributed by atoms with Crippen molar-refractivity contribution in [3.05, 3.63) is 34.9 Å². The molecule has 2 heterocycles. The maximum atomic E-state index is 3.54. The van der Waals surface area contributed by atoms with Crippen LogP contribution >= 0.6 is 0 Å². The van der Waals surface area contributed by atoms with Crippen LogP contribution in [0.4, 0.5) is 0 Å². The van der Waals surface area contributed by atoms with Gasteiger partial charge in [0.05, 0.1) is 0 Å². The number of nitrogens with one attached hydrogen (secondary N) is 1. The maximum Gasteiger partial charge on any atom is 0.101 e. The normalized spacial score (nSPS) is 23.4. The summed E-state index contributed by atoms with van der Waals surface area (Å²) >= 11 is 0. The predicted molar refractivity (Wildman–Crippen MR) is 97.5 cm³/mol. The lowest BCUT2D eigenvalue weighted by Gasteiger charge is -2.42. The van der Waals surface area contributed by atoms with Crippen LogP contribution < -0.4 is 5.32 Å². The highest BCUT2D eigenvalue weighted by Crippen LogP contribution is 2.25. The molecule has 2 nitrogen and oxygen atoms in total. The topological polar surface area (TPSA) is 15.3 Å². The van der Waals surface area contributed by atoms with Crippen LogP contribution in [-0.4, -0.2) is 45.5 Å². The van der Waals surface area contributed by atoms with E-state index in [1.165, 1.54) is 75.9 Å². The van der Waals surface area contributed by atoms with Crippen molar-refractivity contribution in [1.82, 2.24) is 10.2 Å². The molecule has 0 aromatic heterocycles. The summed E-state index contributed by atoms with van der Waals surface area (Å²) in [7, 11) is 2.26. The Morgan fingerprint density at radius 3 is 2.82 bits per heavy atom. The zero-order valence-electron chi connectivity index (χ0n) is 14.4. The number of likely N-dealkylation sites (tertiary alicyclic amines) is 1. The summed E-state index contributed by atoms with van der Waals surface area (Å²) in [6.45, 7) is 8.70. The van der Waals surface area contributed by atoms with E-state index in [1.807, 2.05) is 0 Å². The van der Waals surface area contributed by atoms with Gasteiger partial charge in [-0.05, 0) is 74.2 Å². The molecule has 3 rings (SSSR count). The van der Waals surface area contributed by atoms with Crippen molar-refractivity contribution >= 4 is 7.85 Å². The van der Waals surface area contributed by atoms with Gasteiger partial charge in [0.25, 0.3) is 0 Å². The van der Waals surface area contributed by atoms with Crippen LogP contribution in [0.25, 0.3) is 0 Å². The Balaban J connectivity index is 1.43. The first kappa shape index (κ1) is 16.1. The van der Waals surface area contributed by atoms with Crippen LogP contribution in [-0.2, 0) is 12.8 Å². The molecule has 1 N–H and O–H groups in total. The SMILES string of the molecule is BCCc1ccc(CC2CN(CC3CCCNC3)C2)c(C)c1. The van der Waals surface area contributed by atoms with Gasteiger partial charge in [0.2, 0.25) is 0 Å². The van der Waals surface area contributed by atoms with Crippen LogP contribution in [0.15, 0.2) is 18.2 Å². The molecule has 2 aliphatic rings. The molecule has 0 saturated carbocycles. The summed E-state index contributed by atoms with van der Waals surface area (Å²) in [6.07, 6.45) is 6.52. The summed E-state index contributed by atoms with van der Waals surface area (Å²) in [5, 5.41) is 3.54. The largest absolute Gasteiger partial charge is 0.316 e. The van der Waals surface area contributed by atoms with E-state index in [1.54, 1.807) is 5.56 Å². The minimum absolute atomic E-state index is 0.882. The maximum absolute atomic E-state index is 3.54. The third kappa shape index (κ3) is 4.14. The minimum Gasteiger partial charge on any atom is -0.316 e. The van der Waals surface area contributed by atoms with Crippen molar-refractivity contribution in [1.29, 1.82) is 0 Å². The fraction of sp³-hybridized carbons (Fsp3) is 0.684. The van der Waals surface area contributed by atoms with Crippen LogP contribution in [0.2, 0.25) is 6.32 Å². The van der Waals surface area contributed by atoms with Crippen LogP contribution in [0.1, 0.15) is 29.5 Å². The van der Waals surface area contributed by atoms with Gasteiger partial charge in [-0.1, -0.05) is 24.5 Å². The molecular weight excluding hydrogens is 267 g/mol. The average Bonchev–Trinajstić information content (AvgIpc) is 2.48. The van der Waals surface area contributed by atoms with Crippen molar-refractivity contribution in [3.8, 4) is 0 Å². The van der Waals surface area contributed by atoms with Gasteiger partial charge in [0, 0.05) is 19.6 Å². The molecule has 2 saturated heterocycles. The zero-order chi connectivity index (χ0) is 15.4. The van der Waals surface area contributed by atoms with Gasteiger partial charge in [-0.3, -0.25) is 0 Å². The fourth-order valence-corrected chi connectivity index (χ4v) is 4.14. The molecule has 120 valence electrons. The standard InChI is InChI=1S/C19H31BN2/c1-15-9-16(6-7-20)4-5-19(15)10-18-13-22(14-18)12-17-3-2-8-21-11-17/h4-5,9,17-18,21H,2-3,6-8,10-14,20H2,1H3. The second-order valence-electron chi connectivity index (χ2n) is 7.51. The van der Waals surface area contributed by atoms with E-state index in [2.05, 4.69) is 43.2 Å². The van der Waals surface area contributed by atoms with E-state index in [-0.39, 0.29) is 0 Å². The van der Waals surface area contributed by atoms with Gasteiger partial charge in [0.1, 0.15) is 7.85 Å². The number of hydrogen-bond acceptors (Lipinski definition) is 2. The first-order valence-corrected chi connectivity index (χ1v) is 9.26. The highest BCUT2D eigenvalue weighted by atomic mass is 15.2. The Bertz CT molecular complexity index is 476. The minimum atomic E-state index is 0.882. The van der Waals surface area contributed by atoms with Crippen molar-refractivity contribution in [2.24, 2.45) is 11.8 Å². The molecule has 1 aromatic rings. The smallest absolute Gasteiger partial charge is 0.101 e. The zero-order valence-corrected chi connectivity index (χ0v) is 14.4. The van der Waals surface area contributed by atoms with Crippen LogP contribution in [0, 0.1) is 18.8 Å². The fourth-order valence-electron chi connectivity index (χ4n) is 4.14. The number of nitrogens with zero attached hydrogens (tertiary/aromatic N) is 1. The Morgan fingerprint density at radius 1 is 1.27 bits per heavy atom. The third-order valence-corrected chi connectivity index (χ3v) is 5.40. The van der Waals surface area contributed by atoms with Crippen molar-refractivity contribution in [3.63, 3.8) is 0 Å². The van der Waals surface area contributed by atoms with Crippen molar-refractivity contribution in [2.45, 2.75) is 38.9 Å². The summed E-state index contributed by atoms with van der Waals surface area (Å²) in [5.74, 6) is 1.78. The van der Waals surface area contributed by atoms with E-state index in [0.717, 1.165) is 11.8 Å². The van der Waals surface area contributed by atoms with Crippen molar-refractivity contribution in [2.75, 3.05) is 32.7 Å². The monoisotopic (exact) mass is 298 g/mol. The Labute approximate surface area is 137 Å². The second-order valence-corrected chi connectivity index (χ2v) is 7.51. The van der Waals surface area contributed by atoms with Crippen LogP contribution in [0.3, 0.4) is 0 Å². The first-order chi connectivity index (χ1) is 10.7. The molecular formula is C19H31BN2. The van der Waals surface area contributed by atoms with E-state index in [4.69, 9.17) is 0 Å². The number of piperidine rings is 1. The lowest BCUT2D eigenvalue weighted by atomic mass is 9.87. The molecule has 22 heavy (non-hydrogen) atoms. The van der Waals surface area contributed by atoms with Gasteiger partial charge in [-0.25, -0.2) is 0 Å². The Morgan fingerprint density at radius 2 is 2.14 bits per heavy atom. The summed E-state index contributed by atoms with van der Waals surface area (Å²) < 4.78 is 0. The number of aryl methyl sites for hydroxylation is 2. The third-order valence-electron chi connectivity index (χ3n) is 5.40. The highest BCUT2D eigenvalue weighted by Gasteiger charge is 2.29. The quantitative estimate of drug-likeness (QED) is 0.809. The van der Waals surface area contributed by atoms with Gasteiger partial charge in [-0.15, -0.1) is 0 Å². The van der Waals surface area contributed by atoms with E-state index in [0.29, 0.717) is 0 Å².